The zero-order valence-electron chi connectivity index (χ0n) is 8.39. The summed E-state index contributed by atoms with van der Waals surface area (Å²) in [7, 11) is 0. The topological polar surface area (TPSA) is 58.3 Å². The van der Waals surface area contributed by atoms with E-state index in [0.717, 1.165) is 6.54 Å². The Balaban J connectivity index is 3.99. The minimum Gasteiger partial charge on any atom is -0.494 e. The van der Waals surface area contributed by atoms with Gasteiger partial charge in [0.05, 0.1) is 5.70 Å². The van der Waals surface area contributed by atoms with Gasteiger partial charge < -0.3 is 16.2 Å². The largest absolute Gasteiger partial charge is 0.494 e. The van der Waals surface area contributed by atoms with Crippen LogP contribution in [0.15, 0.2) is 11.6 Å². The Labute approximate surface area is 74.7 Å². The van der Waals surface area contributed by atoms with Crippen LogP contribution in [-0.2, 0) is 0 Å². The summed E-state index contributed by atoms with van der Waals surface area (Å²) in [6.45, 7) is 8.79. The van der Waals surface area contributed by atoms with E-state index in [9.17, 15) is 5.11 Å². The molecule has 4 N–H and O–H groups in total. The summed E-state index contributed by atoms with van der Waals surface area (Å²) in [5.74, 6) is 0.815. The summed E-state index contributed by atoms with van der Waals surface area (Å²) in [4.78, 5) is 0. The molecular weight excluding hydrogens is 152 g/mol. The van der Waals surface area contributed by atoms with E-state index >= 15 is 0 Å². The van der Waals surface area contributed by atoms with Crippen LogP contribution in [-0.4, -0.2) is 11.7 Å². The van der Waals surface area contributed by atoms with Gasteiger partial charge in [0.25, 0.3) is 0 Å². The fraction of sp³-hybridized carbons (Fsp3) is 0.778. The van der Waals surface area contributed by atoms with Gasteiger partial charge >= 0.3 is 0 Å². The smallest absolute Gasteiger partial charge is 0.203 e. The lowest BCUT2D eigenvalue weighted by Gasteiger charge is -2.12. The lowest BCUT2D eigenvalue weighted by atomic mass is 10.1. The van der Waals surface area contributed by atoms with Gasteiger partial charge in [-0.25, -0.2) is 0 Å². The molecule has 0 atom stereocenters. The summed E-state index contributed by atoms with van der Waals surface area (Å²) in [6, 6.07) is 0. The Bertz CT molecular complexity index is 162. The molecule has 0 heterocycles. The molecule has 0 radical (unpaired) electrons. The minimum atomic E-state index is 0.124. The maximum absolute atomic E-state index is 9.38. The summed E-state index contributed by atoms with van der Waals surface area (Å²) in [5.41, 5.74) is 6.14. The van der Waals surface area contributed by atoms with E-state index < -0.39 is 0 Å². The van der Waals surface area contributed by atoms with E-state index in [1.165, 1.54) is 0 Å². The third-order valence-corrected chi connectivity index (χ3v) is 1.57. The van der Waals surface area contributed by atoms with Gasteiger partial charge in [-0.2, -0.15) is 0 Å². The van der Waals surface area contributed by atoms with E-state index in [2.05, 4.69) is 19.2 Å². The van der Waals surface area contributed by atoms with Crippen molar-refractivity contribution in [2.24, 2.45) is 17.6 Å². The van der Waals surface area contributed by atoms with Gasteiger partial charge in [0.1, 0.15) is 0 Å². The van der Waals surface area contributed by atoms with Crippen LogP contribution in [0.2, 0.25) is 0 Å². The van der Waals surface area contributed by atoms with Crippen LogP contribution in [0, 0.1) is 11.8 Å². The van der Waals surface area contributed by atoms with Crippen molar-refractivity contribution in [1.82, 2.24) is 5.32 Å². The molecule has 12 heavy (non-hydrogen) atoms. The van der Waals surface area contributed by atoms with Crippen LogP contribution >= 0.6 is 0 Å². The summed E-state index contributed by atoms with van der Waals surface area (Å²) >= 11 is 0. The van der Waals surface area contributed by atoms with Gasteiger partial charge in [-0.05, 0) is 11.8 Å². The molecule has 72 valence electrons. The maximum Gasteiger partial charge on any atom is 0.203 e. The van der Waals surface area contributed by atoms with Crippen molar-refractivity contribution < 1.29 is 5.11 Å². The van der Waals surface area contributed by atoms with Crippen molar-refractivity contribution >= 4 is 0 Å². The number of hydrogen-bond acceptors (Lipinski definition) is 3. The van der Waals surface area contributed by atoms with Crippen molar-refractivity contribution in [3.05, 3.63) is 11.6 Å². The van der Waals surface area contributed by atoms with Crippen molar-refractivity contribution in [2.75, 3.05) is 6.54 Å². The lowest BCUT2D eigenvalue weighted by molar-refractivity contribution is 0.339. The van der Waals surface area contributed by atoms with Crippen molar-refractivity contribution in [2.45, 2.75) is 27.7 Å². The Morgan fingerprint density at radius 2 is 1.83 bits per heavy atom. The lowest BCUT2D eigenvalue weighted by Crippen LogP contribution is -2.24. The average molecular weight is 172 g/mol. The Morgan fingerprint density at radius 1 is 1.33 bits per heavy atom. The van der Waals surface area contributed by atoms with Crippen molar-refractivity contribution in [3.8, 4) is 0 Å². The highest BCUT2D eigenvalue weighted by Crippen LogP contribution is 2.04. The van der Waals surface area contributed by atoms with E-state index in [1.807, 2.05) is 13.8 Å². The van der Waals surface area contributed by atoms with Crippen LogP contribution in [0.1, 0.15) is 27.7 Å². The number of nitrogens with one attached hydrogen (secondary N) is 1. The van der Waals surface area contributed by atoms with Gasteiger partial charge in [0.15, 0.2) is 0 Å². The fourth-order valence-electron chi connectivity index (χ4n) is 0.676. The first-order chi connectivity index (χ1) is 5.45. The van der Waals surface area contributed by atoms with E-state index in [-0.39, 0.29) is 11.8 Å². The first-order valence-electron chi connectivity index (χ1n) is 4.37. The molecule has 0 bridgehead atoms. The van der Waals surface area contributed by atoms with Crippen molar-refractivity contribution in [3.63, 3.8) is 0 Å². The first-order valence-corrected chi connectivity index (χ1v) is 4.37. The van der Waals surface area contributed by atoms with E-state index in [0.29, 0.717) is 11.6 Å². The number of aliphatic hydroxyl groups is 1. The Hall–Kier alpha value is -0.860. The Morgan fingerprint density at radius 3 is 2.17 bits per heavy atom. The molecule has 0 unspecified atom stereocenters. The van der Waals surface area contributed by atoms with Gasteiger partial charge in [0.2, 0.25) is 5.88 Å². The fourth-order valence-corrected chi connectivity index (χ4v) is 0.676. The predicted molar refractivity (Wildman–Crippen MR) is 51.5 cm³/mol. The summed E-state index contributed by atoms with van der Waals surface area (Å²) in [6.07, 6.45) is 0. The molecule has 3 heteroatoms. The molecule has 0 rings (SSSR count). The highest BCUT2D eigenvalue weighted by molar-refractivity contribution is 5.03. The second-order valence-electron chi connectivity index (χ2n) is 3.73. The third kappa shape index (κ3) is 4.11. The van der Waals surface area contributed by atoms with Crippen LogP contribution in [0.4, 0.5) is 0 Å². The Kier molecular flexibility index (Phi) is 4.55. The molecule has 0 spiro atoms. The van der Waals surface area contributed by atoms with Crippen LogP contribution in [0.5, 0.6) is 0 Å². The van der Waals surface area contributed by atoms with Gasteiger partial charge in [0, 0.05) is 6.54 Å². The van der Waals surface area contributed by atoms with Crippen LogP contribution < -0.4 is 11.1 Å². The highest BCUT2D eigenvalue weighted by atomic mass is 16.3. The molecule has 0 aromatic carbocycles. The van der Waals surface area contributed by atoms with Gasteiger partial charge in [-0.15, -0.1) is 0 Å². The zero-order chi connectivity index (χ0) is 9.72. The predicted octanol–water partition coefficient (Wildman–Crippen LogP) is 1.57. The quantitative estimate of drug-likeness (QED) is 0.564. The number of nitrogens with two attached hydrogens (primary N) is 1. The second-order valence-corrected chi connectivity index (χ2v) is 3.73. The number of hydrogen-bond donors (Lipinski definition) is 3. The van der Waals surface area contributed by atoms with E-state index in [4.69, 9.17) is 5.73 Å². The summed E-state index contributed by atoms with van der Waals surface area (Å²) in [5, 5.41) is 12.3. The standard InChI is InChI=1S/C9H20N2O/c1-6(2)5-11-9(12)8(10)7(3)4/h6-7,11-12H,5,10H2,1-4H3/b9-8+. The molecule has 0 amide bonds. The molecule has 3 nitrogen and oxygen atoms in total. The molecule has 0 saturated carbocycles. The molecule has 0 aliphatic rings. The van der Waals surface area contributed by atoms with Gasteiger partial charge in [-0.1, -0.05) is 27.7 Å². The molecule has 0 aromatic rings. The van der Waals surface area contributed by atoms with E-state index in [1.54, 1.807) is 0 Å². The third-order valence-electron chi connectivity index (χ3n) is 1.57. The molecule has 0 aliphatic carbocycles. The number of aliphatic hydroxyl groups excluding tert-OH is 1. The van der Waals surface area contributed by atoms with Crippen molar-refractivity contribution in [1.29, 1.82) is 0 Å². The van der Waals surface area contributed by atoms with Crippen LogP contribution in [0.25, 0.3) is 0 Å². The highest BCUT2D eigenvalue weighted by Gasteiger charge is 2.05. The molecule has 0 aliphatic heterocycles. The maximum atomic E-state index is 9.38. The van der Waals surface area contributed by atoms with Crippen LogP contribution in [0.3, 0.4) is 0 Å². The molecule has 0 aromatic heterocycles. The molecular formula is C9H20N2O. The summed E-state index contributed by atoms with van der Waals surface area (Å²) < 4.78 is 0. The second kappa shape index (κ2) is 4.91. The van der Waals surface area contributed by atoms with Gasteiger partial charge in [-0.3, -0.25) is 0 Å². The average Bonchev–Trinajstić information content (AvgIpc) is 1.98. The SMILES string of the molecule is CC(C)CN/C(O)=C(\N)C(C)C. The number of rotatable bonds is 4. The normalized spacial score (nSPS) is 13.5. The first kappa shape index (κ1) is 11.1. The zero-order valence-corrected chi connectivity index (χ0v) is 8.39. The monoisotopic (exact) mass is 172 g/mol. The molecule has 0 fully saturated rings. The minimum absolute atomic E-state index is 0.124. The molecule has 0 saturated heterocycles. The number of allylic oxidation sites excluding steroid dienone is 1.